The maximum atomic E-state index is 11.5. The number of benzene rings is 1. The number of hydrogen-bond donors (Lipinski definition) is 1. The molecule has 0 heterocycles. The summed E-state index contributed by atoms with van der Waals surface area (Å²) in [7, 11) is 0. The second-order valence-electron chi connectivity index (χ2n) is 3.81. The zero-order chi connectivity index (χ0) is 14.4. The molecule has 0 aromatic heterocycles. The smallest absolute Gasteiger partial charge is 0.362 e. The van der Waals surface area contributed by atoms with Crippen LogP contribution < -0.4 is 5.43 Å². The van der Waals surface area contributed by atoms with Gasteiger partial charge in [-0.15, -0.1) is 0 Å². The van der Waals surface area contributed by atoms with Crippen LogP contribution in [0, 0.1) is 6.92 Å². The lowest BCUT2D eigenvalue weighted by Gasteiger charge is -2.05. The monoisotopic (exact) mass is 282 g/mol. The van der Waals surface area contributed by atoms with Crippen LogP contribution in [0.25, 0.3) is 0 Å². The standard InChI is InChI=1S/C13H15ClN2O3/c1-4-19-13(18)12(9(3)17)16-15-10-6-5-8(2)11(14)7-10/h5-7,15H,4H2,1-3H3/b16-12-. The fourth-order valence-corrected chi connectivity index (χ4v) is 1.43. The van der Waals surface area contributed by atoms with Gasteiger partial charge >= 0.3 is 5.97 Å². The molecular weight excluding hydrogens is 268 g/mol. The van der Waals surface area contributed by atoms with Gasteiger partial charge in [-0.3, -0.25) is 10.2 Å². The third kappa shape index (κ3) is 4.37. The number of rotatable bonds is 5. The SMILES string of the molecule is CCOC(=O)/C(=N\Nc1ccc(C)c(Cl)c1)C(C)=O. The molecule has 1 aromatic carbocycles. The summed E-state index contributed by atoms with van der Waals surface area (Å²) in [6.45, 7) is 4.96. The van der Waals surface area contributed by atoms with Crippen molar-refractivity contribution in [2.24, 2.45) is 5.10 Å². The number of nitrogens with one attached hydrogen (secondary N) is 1. The number of aryl methyl sites for hydroxylation is 1. The topological polar surface area (TPSA) is 67.8 Å². The summed E-state index contributed by atoms with van der Waals surface area (Å²) in [6.07, 6.45) is 0. The normalized spacial score (nSPS) is 11.1. The van der Waals surface area contributed by atoms with Crippen molar-refractivity contribution in [1.82, 2.24) is 0 Å². The molecule has 0 aliphatic rings. The van der Waals surface area contributed by atoms with Crippen molar-refractivity contribution in [2.75, 3.05) is 12.0 Å². The predicted octanol–water partition coefficient (Wildman–Crippen LogP) is 2.57. The highest BCUT2D eigenvalue weighted by atomic mass is 35.5. The minimum atomic E-state index is -0.749. The van der Waals surface area contributed by atoms with E-state index in [2.05, 4.69) is 10.5 Å². The number of carbonyl (C=O) groups is 2. The molecule has 0 aliphatic heterocycles. The summed E-state index contributed by atoms with van der Waals surface area (Å²) in [5, 5.41) is 4.34. The van der Waals surface area contributed by atoms with Crippen molar-refractivity contribution < 1.29 is 14.3 Å². The van der Waals surface area contributed by atoms with E-state index in [4.69, 9.17) is 16.3 Å². The molecule has 1 aromatic rings. The first-order chi connectivity index (χ1) is 8.95. The largest absolute Gasteiger partial charge is 0.461 e. The molecule has 0 radical (unpaired) electrons. The second kappa shape index (κ2) is 6.89. The number of anilines is 1. The van der Waals surface area contributed by atoms with E-state index in [1.165, 1.54) is 6.92 Å². The van der Waals surface area contributed by atoms with Crippen LogP contribution in [-0.4, -0.2) is 24.1 Å². The molecule has 0 spiro atoms. The quantitative estimate of drug-likeness (QED) is 0.390. The highest BCUT2D eigenvalue weighted by Crippen LogP contribution is 2.19. The number of hydrazone groups is 1. The Morgan fingerprint density at radius 3 is 2.63 bits per heavy atom. The summed E-state index contributed by atoms with van der Waals surface area (Å²) in [5.74, 6) is -1.22. The van der Waals surface area contributed by atoms with E-state index in [-0.39, 0.29) is 12.3 Å². The molecule has 0 aliphatic carbocycles. The average molecular weight is 283 g/mol. The van der Waals surface area contributed by atoms with Gasteiger partial charge in [0.2, 0.25) is 5.71 Å². The van der Waals surface area contributed by atoms with Crippen LogP contribution in [0.3, 0.4) is 0 Å². The molecular formula is C13H15ClN2O3. The highest BCUT2D eigenvalue weighted by Gasteiger charge is 2.17. The van der Waals surface area contributed by atoms with Crippen LogP contribution in [0.5, 0.6) is 0 Å². The van der Waals surface area contributed by atoms with Gasteiger partial charge in [-0.05, 0) is 31.5 Å². The summed E-state index contributed by atoms with van der Waals surface area (Å²) < 4.78 is 4.74. The first-order valence-corrected chi connectivity index (χ1v) is 6.11. The number of hydrogen-bond acceptors (Lipinski definition) is 5. The van der Waals surface area contributed by atoms with Crippen molar-refractivity contribution in [3.63, 3.8) is 0 Å². The maximum absolute atomic E-state index is 11.5. The summed E-state index contributed by atoms with van der Waals surface area (Å²) in [4.78, 5) is 22.8. The Morgan fingerprint density at radius 2 is 2.11 bits per heavy atom. The van der Waals surface area contributed by atoms with Gasteiger partial charge in [0, 0.05) is 11.9 Å². The number of halogens is 1. The van der Waals surface area contributed by atoms with E-state index in [1.54, 1.807) is 25.1 Å². The van der Waals surface area contributed by atoms with Crippen molar-refractivity contribution in [1.29, 1.82) is 0 Å². The van der Waals surface area contributed by atoms with Crippen LogP contribution >= 0.6 is 11.6 Å². The molecule has 0 fully saturated rings. The summed E-state index contributed by atoms with van der Waals surface area (Å²) >= 11 is 5.96. The molecule has 1 N–H and O–H groups in total. The van der Waals surface area contributed by atoms with Gasteiger partial charge in [-0.1, -0.05) is 17.7 Å². The minimum Gasteiger partial charge on any atom is -0.461 e. The van der Waals surface area contributed by atoms with E-state index in [0.717, 1.165) is 5.56 Å². The molecule has 6 heteroatoms. The van der Waals surface area contributed by atoms with E-state index in [9.17, 15) is 9.59 Å². The average Bonchev–Trinajstić information content (AvgIpc) is 2.33. The lowest BCUT2D eigenvalue weighted by Crippen LogP contribution is -2.25. The van der Waals surface area contributed by atoms with Gasteiger partial charge in [-0.25, -0.2) is 4.79 Å². The number of nitrogens with zero attached hydrogens (tertiary/aromatic N) is 1. The minimum absolute atomic E-state index is 0.182. The number of Topliss-reactive ketones (excluding diaryl/α,β-unsaturated/α-hetero) is 1. The van der Waals surface area contributed by atoms with Crippen molar-refractivity contribution in [3.05, 3.63) is 28.8 Å². The zero-order valence-electron chi connectivity index (χ0n) is 11.0. The van der Waals surface area contributed by atoms with Gasteiger partial charge < -0.3 is 4.74 Å². The van der Waals surface area contributed by atoms with E-state index in [0.29, 0.717) is 10.7 Å². The van der Waals surface area contributed by atoms with Gasteiger partial charge in [0.05, 0.1) is 12.3 Å². The van der Waals surface area contributed by atoms with Crippen molar-refractivity contribution in [2.45, 2.75) is 20.8 Å². The predicted molar refractivity (Wildman–Crippen MR) is 74.6 cm³/mol. The first-order valence-electron chi connectivity index (χ1n) is 5.73. The first kappa shape index (κ1) is 15.2. The molecule has 1 rings (SSSR count). The Labute approximate surface area is 116 Å². The summed E-state index contributed by atoms with van der Waals surface area (Å²) in [5.41, 5.74) is 3.84. The molecule has 0 unspecified atom stereocenters. The Bertz CT molecular complexity index is 527. The second-order valence-corrected chi connectivity index (χ2v) is 4.22. The lowest BCUT2D eigenvalue weighted by molar-refractivity contribution is -0.135. The van der Waals surface area contributed by atoms with E-state index in [1.807, 2.05) is 6.92 Å². The van der Waals surface area contributed by atoms with E-state index < -0.39 is 11.8 Å². The number of esters is 1. The number of ether oxygens (including phenoxy) is 1. The molecule has 5 nitrogen and oxygen atoms in total. The Morgan fingerprint density at radius 1 is 1.42 bits per heavy atom. The van der Waals surface area contributed by atoms with Crippen LogP contribution in [-0.2, 0) is 14.3 Å². The Hall–Kier alpha value is -1.88. The molecule has 19 heavy (non-hydrogen) atoms. The Kier molecular flexibility index (Phi) is 5.51. The third-order valence-corrected chi connectivity index (χ3v) is 2.68. The molecule has 102 valence electrons. The van der Waals surface area contributed by atoms with E-state index >= 15 is 0 Å². The van der Waals surface area contributed by atoms with Crippen LogP contribution in [0.15, 0.2) is 23.3 Å². The van der Waals surface area contributed by atoms with Crippen molar-refractivity contribution >= 4 is 34.8 Å². The Balaban J connectivity index is 2.89. The van der Waals surface area contributed by atoms with Gasteiger partial charge in [0.25, 0.3) is 0 Å². The summed E-state index contributed by atoms with van der Waals surface area (Å²) in [6, 6.07) is 5.20. The van der Waals surface area contributed by atoms with Gasteiger partial charge in [0.1, 0.15) is 0 Å². The van der Waals surface area contributed by atoms with Crippen LogP contribution in [0.1, 0.15) is 19.4 Å². The lowest BCUT2D eigenvalue weighted by atomic mass is 10.2. The van der Waals surface area contributed by atoms with Gasteiger partial charge in [-0.2, -0.15) is 5.10 Å². The number of carbonyl (C=O) groups excluding carboxylic acids is 2. The fourth-order valence-electron chi connectivity index (χ4n) is 1.25. The molecule has 0 amide bonds. The molecule has 0 atom stereocenters. The van der Waals surface area contributed by atoms with Gasteiger partial charge in [0.15, 0.2) is 5.78 Å². The highest BCUT2D eigenvalue weighted by molar-refractivity contribution is 6.64. The van der Waals surface area contributed by atoms with Crippen LogP contribution in [0.2, 0.25) is 5.02 Å². The number of ketones is 1. The third-order valence-electron chi connectivity index (χ3n) is 2.27. The van der Waals surface area contributed by atoms with Crippen molar-refractivity contribution in [3.8, 4) is 0 Å². The maximum Gasteiger partial charge on any atom is 0.362 e. The zero-order valence-corrected chi connectivity index (χ0v) is 11.7. The molecule has 0 bridgehead atoms. The molecule has 0 saturated carbocycles. The molecule has 0 saturated heterocycles. The van der Waals surface area contributed by atoms with Crippen LogP contribution in [0.4, 0.5) is 5.69 Å². The fraction of sp³-hybridized carbons (Fsp3) is 0.308.